The second kappa shape index (κ2) is 7.11. The van der Waals surface area contributed by atoms with E-state index in [1.54, 1.807) is 0 Å². The van der Waals surface area contributed by atoms with Crippen LogP contribution in [0.2, 0.25) is 0 Å². The maximum Gasteiger partial charge on any atom is 0.0106 e. The minimum Gasteiger partial charge on any atom is -0.314 e. The molecular weight excluding hydrogens is 230 g/mol. The van der Waals surface area contributed by atoms with Crippen molar-refractivity contribution in [2.24, 2.45) is 16.7 Å². The maximum atomic E-state index is 3.76. The molecule has 1 unspecified atom stereocenters. The fraction of sp³-hybridized carbons (Fsp3) is 1.00. The van der Waals surface area contributed by atoms with Gasteiger partial charge in [-0.05, 0) is 29.7 Å². The first-order valence-electron chi connectivity index (χ1n) is 8.63. The van der Waals surface area contributed by atoms with Gasteiger partial charge < -0.3 is 5.32 Å². The van der Waals surface area contributed by atoms with E-state index in [9.17, 15) is 0 Å². The Balaban J connectivity index is 2.31. The molecule has 1 rings (SSSR count). The summed E-state index contributed by atoms with van der Waals surface area (Å²) in [6.07, 6.45) is 9.84. The van der Waals surface area contributed by atoms with Gasteiger partial charge in [-0.2, -0.15) is 0 Å². The first-order chi connectivity index (χ1) is 8.89. The molecule has 0 aromatic heterocycles. The van der Waals surface area contributed by atoms with Crippen molar-refractivity contribution < 1.29 is 0 Å². The Kier molecular flexibility index (Phi) is 6.36. The van der Waals surface area contributed by atoms with Gasteiger partial charge >= 0.3 is 0 Å². The molecule has 0 aromatic rings. The van der Waals surface area contributed by atoms with Gasteiger partial charge in [0.05, 0.1) is 0 Å². The fourth-order valence-electron chi connectivity index (χ4n) is 4.05. The molecule has 1 aliphatic carbocycles. The zero-order chi connectivity index (χ0) is 14.5. The zero-order valence-electron chi connectivity index (χ0n) is 14.3. The highest BCUT2D eigenvalue weighted by molar-refractivity contribution is 5.16. The Labute approximate surface area is 121 Å². The summed E-state index contributed by atoms with van der Waals surface area (Å²) >= 11 is 0. The molecule has 0 aromatic carbocycles. The molecule has 114 valence electrons. The third kappa shape index (κ3) is 3.97. The van der Waals surface area contributed by atoms with Crippen molar-refractivity contribution in [3.63, 3.8) is 0 Å². The van der Waals surface area contributed by atoms with Gasteiger partial charge in [-0.1, -0.05) is 80.1 Å². The van der Waals surface area contributed by atoms with Gasteiger partial charge in [-0.15, -0.1) is 0 Å². The van der Waals surface area contributed by atoms with Crippen molar-refractivity contribution in [2.45, 2.75) is 92.5 Å². The summed E-state index contributed by atoms with van der Waals surface area (Å²) in [4.78, 5) is 0. The van der Waals surface area contributed by atoms with Crippen LogP contribution in [-0.4, -0.2) is 12.6 Å². The smallest absolute Gasteiger partial charge is 0.0106 e. The van der Waals surface area contributed by atoms with Crippen LogP contribution in [0.1, 0.15) is 86.5 Å². The quantitative estimate of drug-likeness (QED) is 0.523. The van der Waals surface area contributed by atoms with Crippen LogP contribution < -0.4 is 5.32 Å². The lowest BCUT2D eigenvalue weighted by Gasteiger charge is -2.20. The molecule has 1 N–H and O–H groups in total. The summed E-state index contributed by atoms with van der Waals surface area (Å²) in [6.45, 7) is 15.4. The van der Waals surface area contributed by atoms with E-state index < -0.39 is 0 Å². The van der Waals surface area contributed by atoms with Crippen LogP contribution in [0.25, 0.3) is 0 Å². The highest BCUT2D eigenvalue weighted by Gasteiger charge is 2.66. The van der Waals surface area contributed by atoms with E-state index in [0.717, 1.165) is 18.5 Å². The average molecular weight is 268 g/mol. The van der Waals surface area contributed by atoms with Gasteiger partial charge in [0.2, 0.25) is 0 Å². The molecule has 1 saturated carbocycles. The number of rotatable bonds is 10. The first kappa shape index (κ1) is 17.0. The van der Waals surface area contributed by atoms with E-state index in [-0.39, 0.29) is 0 Å². The number of hydrogen-bond donors (Lipinski definition) is 1. The van der Waals surface area contributed by atoms with Crippen LogP contribution in [0.3, 0.4) is 0 Å². The van der Waals surface area contributed by atoms with Crippen molar-refractivity contribution in [2.75, 3.05) is 6.54 Å². The predicted molar refractivity (Wildman–Crippen MR) is 86.5 cm³/mol. The third-order valence-electron chi connectivity index (χ3n) is 5.87. The maximum absolute atomic E-state index is 3.76. The Hall–Kier alpha value is -0.0400. The second-order valence-electron chi connectivity index (χ2n) is 7.64. The number of nitrogens with one attached hydrogen (secondary N) is 1. The largest absolute Gasteiger partial charge is 0.314 e. The Morgan fingerprint density at radius 1 is 0.842 bits per heavy atom. The summed E-state index contributed by atoms with van der Waals surface area (Å²) in [7, 11) is 0. The normalized spacial score (nSPS) is 22.4. The van der Waals surface area contributed by atoms with Crippen LogP contribution in [0.5, 0.6) is 0 Å². The molecule has 1 atom stereocenters. The molecule has 0 spiro atoms. The Morgan fingerprint density at radius 2 is 1.37 bits per heavy atom. The van der Waals surface area contributed by atoms with E-state index in [2.05, 4.69) is 46.9 Å². The van der Waals surface area contributed by atoms with Crippen molar-refractivity contribution in [3.05, 3.63) is 0 Å². The molecule has 0 saturated heterocycles. The van der Waals surface area contributed by atoms with Crippen LogP contribution in [0, 0.1) is 16.7 Å². The van der Waals surface area contributed by atoms with E-state index in [1.165, 1.54) is 44.9 Å². The van der Waals surface area contributed by atoms with Crippen LogP contribution in [0.15, 0.2) is 0 Å². The number of hydrogen-bond acceptors (Lipinski definition) is 1. The van der Waals surface area contributed by atoms with Gasteiger partial charge in [-0.3, -0.25) is 0 Å². The average Bonchev–Trinajstić information content (AvgIpc) is 2.73. The monoisotopic (exact) mass is 267 g/mol. The summed E-state index contributed by atoms with van der Waals surface area (Å²) in [5, 5.41) is 3.76. The van der Waals surface area contributed by atoms with Gasteiger partial charge in [0, 0.05) is 6.04 Å². The molecule has 1 heteroatoms. The molecule has 0 heterocycles. The fourth-order valence-corrected chi connectivity index (χ4v) is 4.05. The van der Waals surface area contributed by atoms with E-state index in [1.807, 2.05) is 0 Å². The first-order valence-corrected chi connectivity index (χ1v) is 8.63. The second-order valence-corrected chi connectivity index (χ2v) is 7.64. The lowest BCUT2D eigenvalue weighted by atomic mass is 9.97. The van der Waals surface area contributed by atoms with Gasteiger partial charge in [0.15, 0.2) is 0 Å². The molecule has 1 aliphatic rings. The summed E-state index contributed by atoms with van der Waals surface area (Å²) < 4.78 is 0. The lowest BCUT2D eigenvalue weighted by molar-refractivity contribution is 0.370. The van der Waals surface area contributed by atoms with E-state index in [4.69, 9.17) is 0 Å². The standard InChI is InChI=1S/C18H37N/c1-7-9-10-11-12-13-14-15(19-8-2)16-17(3,4)18(16,5)6/h15-16,19H,7-14H2,1-6H3. The summed E-state index contributed by atoms with van der Waals surface area (Å²) in [5.41, 5.74) is 1.03. The topological polar surface area (TPSA) is 12.0 Å². The predicted octanol–water partition coefficient (Wildman–Crippen LogP) is 5.40. The van der Waals surface area contributed by atoms with Crippen molar-refractivity contribution in [1.82, 2.24) is 5.32 Å². The lowest BCUT2D eigenvalue weighted by Crippen LogP contribution is -2.33. The van der Waals surface area contributed by atoms with E-state index >= 15 is 0 Å². The van der Waals surface area contributed by atoms with Gasteiger partial charge in [0.25, 0.3) is 0 Å². The van der Waals surface area contributed by atoms with Crippen LogP contribution >= 0.6 is 0 Å². The SMILES string of the molecule is CCCCCCCCC(NCC)C1C(C)(C)C1(C)C. The third-order valence-corrected chi connectivity index (χ3v) is 5.87. The zero-order valence-corrected chi connectivity index (χ0v) is 14.3. The molecule has 0 amide bonds. The summed E-state index contributed by atoms with van der Waals surface area (Å²) in [6, 6.07) is 0.737. The molecular formula is C18H37N. The van der Waals surface area contributed by atoms with Gasteiger partial charge in [-0.25, -0.2) is 0 Å². The van der Waals surface area contributed by atoms with Crippen molar-refractivity contribution in [1.29, 1.82) is 0 Å². The molecule has 0 aliphatic heterocycles. The highest BCUT2D eigenvalue weighted by Crippen LogP contribution is 2.70. The minimum atomic E-state index is 0.516. The van der Waals surface area contributed by atoms with Crippen molar-refractivity contribution in [3.8, 4) is 0 Å². The van der Waals surface area contributed by atoms with Crippen LogP contribution in [0.4, 0.5) is 0 Å². The molecule has 1 nitrogen and oxygen atoms in total. The van der Waals surface area contributed by atoms with Crippen LogP contribution in [-0.2, 0) is 0 Å². The summed E-state index contributed by atoms with van der Waals surface area (Å²) in [5.74, 6) is 0.857. The van der Waals surface area contributed by atoms with Gasteiger partial charge in [0.1, 0.15) is 0 Å². The molecule has 19 heavy (non-hydrogen) atoms. The number of unbranched alkanes of at least 4 members (excludes halogenated alkanes) is 5. The minimum absolute atomic E-state index is 0.516. The van der Waals surface area contributed by atoms with E-state index in [0.29, 0.717) is 10.8 Å². The Bertz CT molecular complexity index is 240. The highest BCUT2D eigenvalue weighted by atomic mass is 15.0. The molecule has 1 fully saturated rings. The van der Waals surface area contributed by atoms with Crippen molar-refractivity contribution >= 4 is 0 Å². The molecule has 0 radical (unpaired) electrons. The molecule has 0 bridgehead atoms. The Morgan fingerprint density at radius 3 is 1.84 bits per heavy atom.